The highest BCUT2D eigenvalue weighted by Crippen LogP contribution is 2.20. The van der Waals surface area contributed by atoms with Crippen LogP contribution in [0.25, 0.3) is 0 Å². The average Bonchev–Trinajstić information content (AvgIpc) is 2.21. The summed E-state index contributed by atoms with van der Waals surface area (Å²) in [6.07, 6.45) is 0.369. The van der Waals surface area contributed by atoms with Gasteiger partial charge in [-0.1, -0.05) is 6.92 Å². The third-order valence-electron chi connectivity index (χ3n) is 2.20. The van der Waals surface area contributed by atoms with Crippen LogP contribution in [0, 0.1) is 11.6 Å². The van der Waals surface area contributed by atoms with E-state index in [0.29, 0.717) is 13.0 Å². The zero-order valence-corrected chi connectivity index (χ0v) is 8.63. The van der Waals surface area contributed by atoms with Gasteiger partial charge in [0.25, 0.3) is 0 Å². The van der Waals surface area contributed by atoms with Crippen molar-refractivity contribution in [3.05, 3.63) is 35.4 Å². The van der Waals surface area contributed by atoms with Gasteiger partial charge in [0.15, 0.2) is 0 Å². The minimum atomic E-state index is -0.466. The fourth-order valence-electron chi connectivity index (χ4n) is 1.52. The van der Waals surface area contributed by atoms with Gasteiger partial charge in [-0.2, -0.15) is 0 Å². The van der Waals surface area contributed by atoms with Gasteiger partial charge in [-0.05, 0) is 31.2 Å². The molecule has 0 amide bonds. The Kier molecular flexibility index (Phi) is 4.65. The van der Waals surface area contributed by atoms with E-state index in [2.05, 4.69) is 5.32 Å². The second kappa shape index (κ2) is 5.78. The number of halogens is 2. The number of hydrogen-bond acceptors (Lipinski definition) is 2. The number of benzene rings is 1. The Morgan fingerprint density at radius 2 is 2.13 bits per heavy atom. The molecule has 0 aliphatic carbocycles. The Balaban J connectivity index is 2.93. The molecule has 0 fully saturated rings. The van der Waals surface area contributed by atoms with E-state index in [9.17, 15) is 8.78 Å². The highest BCUT2D eigenvalue weighted by atomic mass is 19.1. The van der Waals surface area contributed by atoms with Crippen LogP contribution in [0.1, 0.15) is 24.9 Å². The number of rotatable bonds is 5. The Morgan fingerprint density at radius 3 is 2.73 bits per heavy atom. The van der Waals surface area contributed by atoms with Gasteiger partial charge < -0.3 is 10.4 Å². The van der Waals surface area contributed by atoms with Crippen LogP contribution in [-0.2, 0) is 0 Å². The summed E-state index contributed by atoms with van der Waals surface area (Å²) < 4.78 is 26.3. The van der Waals surface area contributed by atoms with Gasteiger partial charge in [-0.25, -0.2) is 8.78 Å². The van der Waals surface area contributed by atoms with E-state index < -0.39 is 11.6 Å². The molecule has 1 unspecified atom stereocenters. The fourth-order valence-corrected chi connectivity index (χ4v) is 1.52. The normalized spacial score (nSPS) is 12.8. The molecule has 2 N–H and O–H groups in total. The molecule has 0 aromatic heterocycles. The van der Waals surface area contributed by atoms with Crippen LogP contribution in [0.2, 0.25) is 0 Å². The van der Waals surface area contributed by atoms with E-state index in [1.54, 1.807) is 0 Å². The maximum atomic E-state index is 13.4. The standard InChI is InChI=1S/C11H15F2NO/c1-2-14-11(5-6-15)9-7-8(12)3-4-10(9)13/h3-4,7,11,14-15H,2,5-6H2,1H3. The summed E-state index contributed by atoms with van der Waals surface area (Å²) in [4.78, 5) is 0. The molecule has 0 radical (unpaired) electrons. The fraction of sp³-hybridized carbons (Fsp3) is 0.455. The smallest absolute Gasteiger partial charge is 0.128 e. The van der Waals surface area contributed by atoms with Gasteiger partial charge in [0.1, 0.15) is 11.6 Å². The lowest BCUT2D eigenvalue weighted by molar-refractivity contribution is 0.264. The molecule has 84 valence electrons. The molecule has 4 heteroatoms. The van der Waals surface area contributed by atoms with E-state index in [0.717, 1.165) is 12.1 Å². The molecule has 15 heavy (non-hydrogen) atoms. The van der Waals surface area contributed by atoms with Gasteiger partial charge in [0, 0.05) is 18.2 Å². The van der Waals surface area contributed by atoms with Gasteiger partial charge in [0.05, 0.1) is 0 Å². The topological polar surface area (TPSA) is 32.3 Å². The SMILES string of the molecule is CCNC(CCO)c1cc(F)ccc1F. The first-order valence-corrected chi connectivity index (χ1v) is 4.98. The number of nitrogens with one attached hydrogen (secondary N) is 1. The lowest BCUT2D eigenvalue weighted by Crippen LogP contribution is -2.23. The molecule has 0 bridgehead atoms. The quantitative estimate of drug-likeness (QED) is 0.787. The van der Waals surface area contributed by atoms with Crippen LogP contribution in [-0.4, -0.2) is 18.3 Å². The largest absolute Gasteiger partial charge is 0.396 e. The molecule has 0 aliphatic heterocycles. The summed E-state index contributed by atoms with van der Waals surface area (Å²) in [5, 5.41) is 11.8. The predicted octanol–water partition coefficient (Wildman–Crippen LogP) is 2.00. The second-order valence-corrected chi connectivity index (χ2v) is 3.29. The van der Waals surface area contributed by atoms with Crippen molar-refractivity contribution in [3.63, 3.8) is 0 Å². The highest BCUT2D eigenvalue weighted by molar-refractivity contribution is 5.22. The lowest BCUT2D eigenvalue weighted by atomic mass is 10.0. The zero-order chi connectivity index (χ0) is 11.3. The van der Waals surface area contributed by atoms with Crippen molar-refractivity contribution in [1.82, 2.24) is 5.32 Å². The molecule has 0 spiro atoms. The number of hydrogen-bond donors (Lipinski definition) is 2. The summed E-state index contributed by atoms with van der Waals surface area (Å²) in [6, 6.07) is 3.02. The number of aliphatic hydroxyl groups excluding tert-OH is 1. The van der Waals surface area contributed by atoms with Gasteiger partial charge >= 0.3 is 0 Å². The van der Waals surface area contributed by atoms with Crippen LogP contribution in [0.4, 0.5) is 8.78 Å². The Labute approximate surface area is 87.9 Å². The van der Waals surface area contributed by atoms with Crippen molar-refractivity contribution in [3.8, 4) is 0 Å². The summed E-state index contributed by atoms with van der Waals surface area (Å²) in [6.45, 7) is 2.45. The molecule has 0 saturated carbocycles. The van der Waals surface area contributed by atoms with Crippen LogP contribution < -0.4 is 5.32 Å². The van der Waals surface area contributed by atoms with E-state index in [1.165, 1.54) is 6.07 Å². The molecule has 1 aromatic carbocycles. The first kappa shape index (κ1) is 12.1. The van der Waals surface area contributed by atoms with Gasteiger partial charge in [0.2, 0.25) is 0 Å². The third kappa shape index (κ3) is 3.25. The van der Waals surface area contributed by atoms with Crippen molar-refractivity contribution >= 4 is 0 Å². The summed E-state index contributed by atoms with van der Waals surface area (Å²) in [5.41, 5.74) is 0.269. The van der Waals surface area contributed by atoms with Crippen LogP contribution in [0.15, 0.2) is 18.2 Å². The van der Waals surface area contributed by atoms with Crippen molar-refractivity contribution < 1.29 is 13.9 Å². The molecule has 1 atom stereocenters. The van der Waals surface area contributed by atoms with E-state index in [1.807, 2.05) is 6.92 Å². The molecule has 2 nitrogen and oxygen atoms in total. The zero-order valence-electron chi connectivity index (χ0n) is 8.63. The molecule has 1 aromatic rings. The Hall–Kier alpha value is -1.00. The van der Waals surface area contributed by atoms with Crippen LogP contribution in [0.3, 0.4) is 0 Å². The van der Waals surface area contributed by atoms with E-state index in [4.69, 9.17) is 5.11 Å². The summed E-state index contributed by atoms with van der Waals surface area (Å²) in [7, 11) is 0. The Bertz CT molecular complexity index is 311. The maximum absolute atomic E-state index is 13.4. The summed E-state index contributed by atoms with van der Waals surface area (Å²) >= 11 is 0. The summed E-state index contributed by atoms with van der Waals surface area (Å²) in [5.74, 6) is -0.914. The van der Waals surface area contributed by atoms with Crippen molar-refractivity contribution in [2.24, 2.45) is 0 Å². The minimum Gasteiger partial charge on any atom is -0.396 e. The van der Waals surface area contributed by atoms with Crippen molar-refractivity contribution in [2.75, 3.05) is 13.2 Å². The van der Waals surface area contributed by atoms with Crippen molar-refractivity contribution in [1.29, 1.82) is 0 Å². The maximum Gasteiger partial charge on any atom is 0.128 e. The molecule has 0 aliphatic rings. The average molecular weight is 215 g/mol. The second-order valence-electron chi connectivity index (χ2n) is 3.29. The molecule has 0 heterocycles. The Morgan fingerprint density at radius 1 is 1.40 bits per heavy atom. The lowest BCUT2D eigenvalue weighted by Gasteiger charge is -2.17. The molecule has 1 rings (SSSR count). The minimum absolute atomic E-state index is 0.0619. The van der Waals surface area contributed by atoms with Crippen LogP contribution >= 0.6 is 0 Å². The van der Waals surface area contributed by atoms with Gasteiger partial charge in [-0.15, -0.1) is 0 Å². The number of aliphatic hydroxyl groups is 1. The monoisotopic (exact) mass is 215 g/mol. The first-order valence-electron chi connectivity index (χ1n) is 4.98. The molecular weight excluding hydrogens is 200 g/mol. The van der Waals surface area contributed by atoms with Crippen molar-refractivity contribution in [2.45, 2.75) is 19.4 Å². The highest BCUT2D eigenvalue weighted by Gasteiger charge is 2.14. The predicted molar refractivity (Wildman–Crippen MR) is 54.5 cm³/mol. The molecular formula is C11H15F2NO. The molecule has 0 saturated heterocycles. The third-order valence-corrected chi connectivity index (χ3v) is 2.20. The van der Waals surface area contributed by atoms with Crippen LogP contribution in [0.5, 0.6) is 0 Å². The van der Waals surface area contributed by atoms with Gasteiger partial charge in [-0.3, -0.25) is 0 Å². The van der Waals surface area contributed by atoms with E-state index in [-0.39, 0.29) is 18.2 Å². The first-order chi connectivity index (χ1) is 7.19. The van der Waals surface area contributed by atoms with E-state index >= 15 is 0 Å².